The first-order valence-corrected chi connectivity index (χ1v) is 9.58. The summed E-state index contributed by atoms with van der Waals surface area (Å²) in [7, 11) is 0. The molecule has 27 heavy (non-hydrogen) atoms. The Labute approximate surface area is 160 Å². The normalized spacial score (nSPS) is 18.9. The van der Waals surface area contributed by atoms with Crippen LogP contribution in [-0.2, 0) is 4.74 Å². The summed E-state index contributed by atoms with van der Waals surface area (Å²) in [5, 5.41) is 0. The van der Waals surface area contributed by atoms with E-state index >= 15 is 0 Å². The van der Waals surface area contributed by atoms with E-state index in [1.165, 1.54) is 0 Å². The van der Waals surface area contributed by atoms with E-state index in [2.05, 4.69) is 0 Å². The van der Waals surface area contributed by atoms with Gasteiger partial charge in [-0.05, 0) is 52.8 Å². The van der Waals surface area contributed by atoms with Crippen LogP contribution in [0.2, 0.25) is 0 Å². The minimum absolute atomic E-state index is 0.0474. The van der Waals surface area contributed by atoms with Gasteiger partial charge in [0.1, 0.15) is 22.7 Å². The maximum absolute atomic E-state index is 12.8. The van der Waals surface area contributed by atoms with Crippen molar-refractivity contribution in [1.29, 1.82) is 0 Å². The van der Waals surface area contributed by atoms with Gasteiger partial charge in [-0.3, -0.25) is 4.79 Å². The Bertz CT molecular complexity index is 727. The molecule has 3 rings (SSSR count). The van der Waals surface area contributed by atoms with Crippen LogP contribution in [0, 0.1) is 0 Å². The van der Waals surface area contributed by atoms with E-state index < -0.39 is 11.2 Å². The standard InChI is InChI=1S/C21H29NO5/c1-14(2)25-15-6-7-18-16(12-15)17(23)13-21(26-18)8-10-22(11-9-21)19(24)27-20(3,4)5/h6-7,12,14H,8-11,13H2,1-5H3. The van der Waals surface area contributed by atoms with E-state index in [1.54, 1.807) is 11.0 Å². The van der Waals surface area contributed by atoms with E-state index in [0.717, 1.165) is 0 Å². The van der Waals surface area contributed by atoms with E-state index in [1.807, 2.05) is 46.8 Å². The van der Waals surface area contributed by atoms with E-state index in [4.69, 9.17) is 14.2 Å². The van der Waals surface area contributed by atoms with Crippen LogP contribution in [0.25, 0.3) is 0 Å². The largest absolute Gasteiger partial charge is 0.491 e. The molecule has 1 fully saturated rings. The molecule has 6 heteroatoms. The number of fused-ring (bicyclic) bond motifs is 1. The number of Topliss-reactive ketones (excluding diaryl/α,β-unsaturated/α-hetero) is 1. The number of carbonyl (C=O) groups is 2. The van der Waals surface area contributed by atoms with Crippen molar-refractivity contribution in [3.8, 4) is 11.5 Å². The van der Waals surface area contributed by atoms with Crippen LogP contribution in [0.1, 0.15) is 64.2 Å². The second kappa shape index (κ2) is 7.06. The van der Waals surface area contributed by atoms with Gasteiger partial charge in [-0.15, -0.1) is 0 Å². The van der Waals surface area contributed by atoms with Crippen molar-refractivity contribution in [2.75, 3.05) is 13.1 Å². The number of piperidine rings is 1. The average molecular weight is 375 g/mol. The summed E-state index contributed by atoms with van der Waals surface area (Å²) in [6.07, 6.45) is 1.29. The molecule has 6 nitrogen and oxygen atoms in total. The molecular weight excluding hydrogens is 346 g/mol. The lowest BCUT2D eigenvalue weighted by Gasteiger charge is -2.44. The Morgan fingerprint density at radius 1 is 1.22 bits per heavy atom. The maximum Gasteiger partial charge on any atom is 0.410 e. The summed E-state index contributed by atoms with van der Waals surface area (Å²) in [6.45, 7) is 10.5. The van der Waals surface area contributed by atoms with Gasteiger partial charge < -0.3 is 19.1 Å². The van der Waals surface area contributed by atoms with Crippen LogP contribution in [0.4, 0.5) is 4.79 Å². The number of hydrogen-bond acceptors (Lipinski definition) is 5. The van der Waals surface area contributed by atoms with Crippen molar-refractivity contribution >= 4 is 11.9 Å². The van der Waals surface area contributed by atoms with Gasteiger partial charge in [-0.1, -0.05) is 0 Å². The number of amides is 1. The molecule has 0 saturated carbocycles. The molecule has 148 valence electrons. The summed E-state index contributed by atoms with van der Waals surface area (Å²) >= 11 is 0. The maximum atomic E-state index is 12.8. The van der Waals surface area contributed by atoms with Crippen LogP contribution in [-0.4, -0.2) is 47.2 Å². The molecule has 1 aromatic carbocycles. The topological polar surface area (TPSA) is 65.1 Å². The molecule has 1 aromatic rings. The molecule has 0 aliphatic carbocycles. The Morgan fingerprint density at radius 2 is 1.89 bits per heavy atom. The van der Waals surface area contributed by atoms with Gasteiger partial charge in [0.25, 0.3) is 0 Å². The zero-order valence-electron chi connectivity index (χ0n) is 16.8. The minimum atomic E-state index is -0.539. The molecule has 1 spiro atoms. The Kier molecular flexibility index (Phi) is 5.10. The number of benzene rings is 1. The van der Waals surface area contributed by atoms with E-state index in [0.29, 0.717) is 49.4 Å². The molecule has 2 aliphatic rings. The lowest BCUT2D eigenvalue weighted by atomic mass is 9.82. The molecule has 1 saturated heterocycles. The van der Waals surface area contributed by atoms with Gasteiger partial charge in [-0.25, -0.2) is 4.79 Å². The Hall–Kier alpha value is -2.24. The summed E-state index contributed by atoms with van der Waals surface area (Å²) in [5.41, 5.74) is -0.477. The molecule has 2 aliphatic heterocycles. The molecule has 0 atom stereocenters. The van der Waals surface area contributed by atoms with Gasteiger partial charge in [0.05, 0.1) is 18.1 Å². The van der Waals surface area contributed by atoms with Gasteiger partial charge in [0.15, 0.2) is 5.78 Å². The fourth-order valence-electron chi connectivity index (χ4n) is 3.52. The summed E-state index contributed by atoms with van der Waals surface area (Å²) in [5.74, 6) is 1.35. The van der Waals surface area contributed by atoms with Gasteiger partial charge in [0.2, 0.25) is 0 Å². The summed E-state index contributed by atoms with van der Waals surface area (Å²) in [6, 6.07) is 5.41. The second-order valence-corrected chi connectivity index (χ2v) is 8.68. The van der Waals surface area contributed by atoms with Crippen LogP contribution >= 0.6 is 0 Å². The molecule has 0 bridgehead atoms. The average Bonchev–Trinajstić information content (AvgIpc) is 2.54. The zero-order valence-corrected chi connectivity index (χ0v) is 16.8. The molecule has 0 aromatic heterocycles. The number of rotatable bonds is 2. The Balaban J connectivity index is 1.68. The highest BCUT2D eigenvalue weighted by molar-refractivity contribution is 6.00. The third-order valence-electron chi connectivity index (χ3n) is 4.76. The van der Waals surface area contributed by atoms with Crippen molar-refractivity contribution in [3.05, 3.63) is 23.8 Å². The van der Waals surface area contributed by atoms with Gasteiger partial charge >= 0.3 is 6.09 Å². The van der Waals surface area contributed by atoms with Crippen molar-refractivity contribution in [3.63, 3.8) is 0 Å². The van der Waals surface area contributed by atoms with Crippen LogP contribution in [0.15, 0.2) is 18.2 Å². The third-order valence-corrected chi connectivity index (χ3v) is 4.76. The van der Waals surface area contributed by atoms with Crippen molar-refractivity contribution in [2.45, 2.75) is 71.2 Å². The highest BCUT2D eigenvalue weighted by atomic mass is 16.6. The van der Waals surface area contributed by atoms with Gasteiger partial charge in [-0.2, -0.15) is 0 Å². The predicted molar refractivity (Wildman–Crippen MR) is 102 cm³/mol. The number of likely N-dealkylation sites (tertiary alicyclic amines) is 1. The SMILES string of the molecule is CC(C)Oc1ccc2c(c1)C(=O)CC1(CCN(C(=O)OC(C)(C)C)CC1)O2. The smallest absolute Gasteiger partial charge is 0.410 e. The van der Waals surface area contributed by atoms with E-state index in [9.17, 15) is 9.59 Å². The van der Waals surface area contributed by atoms with Crippen LogP contribution in [0.5, 0.6) is 11.5 Å². The fraction of sp³-hybridized carbons (Fsp3) is 0.619. The summed E-state index contributed by atoms with van der Waals surface area (Å²) < 4.78 is 17.4. The molecular formula is C21H29NO5. The van der Waals surface area contributed by atoms with Crippen molar-refractivity contribution in [2.24, 2.45) is 0 Å². The first-order chi connectivity index (χ1) is 12.6. The van der Waals surface area contributed by atoms with Crippen LogP contribution in [0.3, 0.4) is 0 Å². The second-order valence-electron chi connectivity index (χ2n) is 8.68. The quantitative estimate of drug-likeness (QED) is 0.775. The zero-order chi connectivity index (χ0) is 19.8. The van der Waals surface area contributed by atoms with Gasteiger partial charge in [0, 0.05) is 25.9 Å². The molecule has 0 radical (unpaired) electrons. The van der Waals surface area contributed by atoms with Crippen molar-refractivity contribution in [1.82, 2.24) is 4.90 Å². The number of nitrogens with zero attached hydrogens (tertiary/aromatic N) is 1. The number of ether oxygens (including phenoxy) is 3. The predicted octanol–water partition coefficient (Wildman–Crippen LogP) is 4.21. The van der Waals surface area contributed by atoms with E-state index in [-0.39, 0.29) is 18.0 Å². The highest BCUT2D eigenvalue weighted by Crippen LogP contribution is 2.40. The van der Waals surface area contributed by atoms with Crippen LogP contribution < -0.4 is 9.47 Å². The molecule has 1 amide bonds. The minimum Gasteiger partial charge on any atom is -0.491 e. The first-order valence-electron chi connectivity index (χ1n) is 9.58. The highest BCUT2D eigenvalue weighted by Gasteiger charge is 2.44. The molecule has 0 unspecified atom stereocenters. The number of carbonyl (C=O) groups excluding carboxylic acids is 2. The summed E-state index contributed by atoms with van der Waals surface area (Å²) in [4.78, 5) is 26.7. The lowest BCUT2D eigenvalue weighted by molar-refractivity contribution is -0.0226. The number of hydrogen-bond donors (Lipinski definition) is 0. The first kappa shape index (κ1) is 19.5. The fourth-order valence-corrected chi connectivity index (χ4v) is 3.52. The van der Waals surface area contributed by atoms with Crippen molar-refractivity contribution < 1.29 is 23.8 Å². The Morgan fingerprint density at radius 3 is 2.48 bits per heavy atom. The monoisotopic (exact) mass is 375 g/mol. The molecule has 2 heterocycles. The molecule has 0 N–H and O–H groups in total. The third kappa shape index (κ3) is 4.54. The number of ketones is 1. The lowest BCUT2D eigenvalue weighted by Crippen LogP contribution is -2.52.